The first-order valence-corrected chi connectivity index (χ1v) is 11.2. The topological polar surface area (TPSA) is 90.6 Å². The predicted molar refractivity (Wildman–Crippen MR) is 109 cm³/mol. The van der Waals surface area contributed by atoms with Crippen LogP contribution in [0.1, 0.15) is 44.0 Å². The van der Waals surface area contributed by atoms with E-state index in [1.807, 2.05) is 13.8 Å². The fraction of sp³-hybridized carbons (Fsp3) is 0.500. The largest absolute Gasteiger partial charge is 0.360 e. The highest BCUT2D eigenvalue weighted by Gasteiger charge is 2.28. The Bertz CT molecular complexity index is 1030. The van der Waals surface area contributed by atoms with E-state index in [0.717, 1.165) is 12.8 Å². The van der Waals surface area contributed by atoms with Crippen LogP contribution >= 0.6 is 0 Å². The Morgan fingerprint density at radius 2 is 1.86 bits per heavy atom. The summed E-state index contributed by atoms with van der Waals surface area (Å²) in [6.07, 6.45) is 3.07. The highest BCUT2D eigenvalue weighted by atomic mass is 32.2. The summed E-state index contributed by atoms with van der Waals surface area (Å²) in [4.78, 5) is 30.1. The van der Waals surface area contributed by atoms with Crippen molar-refractivity contribution in [2.24, 2.45) is 5.92 Å². The van der Waals surface area contributed by atoms with Crippen LogP contribution in [0, 0.1) is 5.92 Å². The standard InChI is InChI=1S/C20H27N3O4S/c1-4-22(5-2)20(25)17-13-21-18-7-6-15(12-16(18)19(17)24)28(26,27)23-10-8-14(3)9-11-23/h6-7,12-14H,4-5,8-11H2,1-3H3,(H,21,24). The average Bonchev–Trinajstić information content (AvgIpc) is 2.69. The number of piperidine rings is 1. The Balaban J connectivity index is 2.04. The van der Waals surface area contributed by atoms with Gasteiger partial charge in [-0.2, -0.15) is 4.31 Å². The summed E-state index contributed by atoms with van der Waals surface area (Å²) < 4.78 is 27.5. The van der Waals surface area contributed by atoms with Gasteiger partial charge in [0.15, 0.2) is 0 Å². The second-order valence-electron chi connectivity index (χ2n) is 7.30. The molecule has 0 aliphatic carbocycles. The van der Waals surface area contributed by atoms with Gasteiger partial charge in [0.2, 0.25) is 15.5 Å². The molecule has 1 aromatic heterocycles. The molecule has 1 N–H and O–H groups in total. The lowest BCUT2D eigenvalue weighted by Crippen LogP contribution is -2.38. The molecule has 1 saturated heterocycles. The molecule has 8 heteroatoms. The zero-order chi connectivity index (χ0) is 20.5. The first kappa shape index (κ1) is 20.5. The fourth-order valence-corrected chi connectivity index (χ4v) is 5.07. The number of sulfonamides is 1. The fourth-order valence-electron chi connectivity index (χ4n) is 3.57. The number of carbonyl (C=O) groups excluding carboxylic acids is 1. The van der Waals surface area contributed by atoms with Crippen molar-refractivity contribution in [1.82, 2.24) is 14.2 Å². The summed E-state index contributed by atoms with van der Waals surface area (Å²) in [6, 6.07) is 4.49. The molecule has 2 heterocycles. The van der Waals surface area contributed by atoms with Gasteiger partial charge in [0, 0.05) is 43.3 Å². The Kier molecular flexibility index (Phi) is 5.90. The summed E-state index contributed by atoms with van der Waals surface area (Å²) in [5, 5.41) is 0.212. The molecule has 0 atom stereocenters. The van der Waals surface area contributed by atoms with E-state index in [-0.39, 0.29) is 21.8 Å². The summed E-state index contributed by atoms with van der Waals surface area (Å²) in [5.41, 5.74) is 0.0832. The number of rotatable bonds is 5. The van der Waals surface area contributed by atoms with Crippen LogP contribution < -0.4 is 5.43 Å². The Labute approximate surface area is 165 Å². The van der Waals surface area contributed by atoms with Gasteiger partial charge in [-0.25, -0.2) is 8.42 Å². The highest BCUT2D eigenvalue weighted by Crippen LogP contribution is 2.25. The van der Waals surface area contributed by atoms with Crippen molar-refractivity contribution in [3.05, 3.63) is 40.2 Å². The minimum Gasteiger partial charge on any atom is -0.360 e. The second-order valence-corrected chi connectivity index (χ2v) is 9.24. The number of aromatic amines is 1. The molecule has 1 fully saturated rings. The molecule has 3 rings (SSSR count). The zero-order valence-electron chi connectivity index (χ0n) is 16.6. The summed E-state index contributed by atoms with van der Waals surface area (Å²) in [6.45, 7) is 7.77. The van der Waals surface area contributed by atoms with Gasteiger partial charge in [0.25, 0.3) is 5.91 Å². The van der Waals surface area contributed by atoms with Gasteiger partial charge in [0.05, 0.1) is 4.90 Å². The molecule has 1 amide bonds. The lowest BCUT2D eigenvalue weighted by atomic mass is 10.0. The number of amides is 1. The van der Waals surface area contributed by atoms with E-state index < -0.39 is 15.5 Å². The third-order valence-corrected chi connectivity index (χ3v) is 7.41. The van der Waals surface area contributed by atoms with E-state index in [2.05, 4.69) is 11.9 Å². The Morgan fingerprint density at radius 3 is 2.46 bits per heavy atom. The van der Waals surface area contributed by atoms with E-state index >= 15 is 0 Å². The molecule has 1 aliphatic heterocycles. The van der Waals surface area contributed by atoms with Crippen LogP contribution in [0.4, 0.5) is 0 Å². The van der Waals surface area contributed by atoms with E-state index in [1.54, 1.807) is 11.0 Å². The maximum Gasteiger partial charge on any atom is 0.259 e. The molecule has 1 aromatic carbocycles. The molecular weight excluding hydrogens is 378 g/mol. The lowest BCUT2D eigenvalue weighted by molar-refractivity contribution is 0.0771. The number of pyridine rings is 1. The number of nitrogens with zero attached hydrogens (tertiary/aromatic N) is 2. The van der Waals surface area contributed by atoms with Crippen molar-refractivity contribution in [2.75, 3.05) is 26.2 Å². The first-order valence-electron chi connectivity index (χ1n) is 9.74. The lowest BCUT2D eigenvalue weighted by Gasteiger charge is -2.29. The Morgan fingerprint density at radius 1 is 1.21 bits per heavy atom. The summed E-state index contributed by atoms with van der Waals surface area (Å²) in [7, 11) is -3.67. The van der Waals surface area contributed by atoms with Crippen LogP contribution in [0.5, 0.6) is 0 Å². The number of hydrogen-bond acceptors (Lipinski definition) is 4. The quantitative estimate of drug-likeness (QED) is 0.827. The third kappa shape index (κ3) is 3.71. The molecule has 28 heavy (non-hydrogen) atoms. The van der Waals surface area contributed by atoms with Crippen LogP contribution in [0.15, 0.2) is 34.1 Å². The van der Waals surface area contributed by atoms with Gasteiger partial charge in [-0.3, -0.25) is 9.59 Å². The smallest absolute Gasteiger partial charge is 0.259 e. The molecule has 0 saturated carbocycles. The number of carbonyl (C=O) groups is 1. The average molecular weight is 406 g/mol. The van der Waals surface area contributed by atoms with Crippen LogP contribution in [0.25, 0.3) is 10.9 Å². The van der Waals surface area contributed by atoms with Crippen molar-refractivity contribution in [3.8, 4) is 0 Å². The third-order valence-electron chi connectivity index (χ3n) is 5.51. The van der Waals surface area contributed by atoms with Gasteiger partial charge in [0.1, 0.15) is 5.56 Å². The zero-order valence-corrected chi connectivity index (χ0v) is 17.4. The van der Waals surface area contributed by atoms with E-state index in [4.69, 9.17) is 0 Å². The van der Waals surface area contributed by atoms with Crippen molar-refractivity contribution >= 4 is 26.8 Å². The van der Waals surface area contributed by atoms with Crippen molar-refractivity contribution in [1.29, 1.82) is 0 Å². The van der Waals surface area contributed by atoms with Gasteiger partial charge in [-0.15, -0.1) is 0 Å². The Hall–Kier alpha value is -2.19. The van der Waals surface area contributed by atoms with Gasteiger partial charge in [-0.05, 0) is 50.8 Å². The molecule has 0 spiro atoms. The molecule has 1 aliphatic rings. The number of fused-ring (bicyclic) bond motifs is 1. The molecule has 152 valence electrons. The van der Waals surface area contributed by atoms with E-state index in [1.165, 1.54) is 22.6 Å². The first-order chi connectivity index (χ1) is 13.3. The minimum atomic E-state index is -3.67. The number of benzene rings is 1. The minimum absolute atomic E-state index is 0.0255. The molecule has 7 nitrogen and oxygen atoms in total. The monoisotopic (exact) mass is 405 g/mol. The molecule has 0 radical (unpaired) electrons. The maximum atomic E-state index is 13.0. The van der Waals surface area contributed by atoms with Crippen molar-refractivity contribution < 1.29 is 13.2 Å². The predicted octanol–water partition coefficient (Wildman–Crippen LogP) is 2.43. The summed E-state index contributed by atoms with van der Waals surface area (Å²) >= 11 is 0. The molecule has 2 aromatic rings. The van der Waals surface area contributed by atoms with Crippen molar-refractivity contribution in [2.45, 2.75) is 38.5 Å². The molecule has 0 unspecified atom stereocenters. The van der Waals surface area contributed by atoms with Crippen molar-refractivity contribution in [3.63, 3.8) is 0 Å². The van der Waals surface area contributed by atoms with Gasteiger partial charge in [-0.1, -0.05) is 6.92 Å². The SMILES string of the molecule is CCN(CC)C(=O)c1c[nH]c2ccc(S(=O)(=O)N3CCC(C)CC3)cc2c1=O. The van der Waals surface area contributed by atoms with Crippen LogP contribution in [0.3, 0.4) is 0 Å². The molecule has 0 bridgehead atoms. The number of nitrogens with one attached hydrogen (secondary N) is 1. The van der Waals surface area contributed by atoms with Gasteiger partial charge >= 0.3 is 0 Å². The normalized spacial score (nSPS) is 16.4. The van der Waals surface area contributed by atoms with Gasteiger partial charge < -0.3 is 9.88 Å². The van der Waals surface area contributed by atoms with E-state index in [0.29, 0.717) is 37.6 Å². The highest BCUT2D eigenvalue weighted by molar-refractivity contribution is 7.89. The van der Waals surface area contributed by atoms with Crippen LogP contribution in [0.2, 0.25) is 0 Å². The number of hydrogen-bond donors (Lipinski definition) is 1. The van der Waals surface area contributed by atoms with Crippen LogP contribution in [-0.2, 0) is 10.0 Å². The number of H-pyrrole nitrogens is 1. The van der Waals surface area contributed by atoms with Crippen LogP contribution in [-0.4, -0.2) is 54.7 Å². The summed E-state index contributed by atoms with van der Waals surface area (Å²) in [5.74, 6) is 0.158. The maximum absolute atomic E-state index is 13.0. The van der Waals surface area contributed by atoms with E-state index in [9.17, 15) is 18.0 Å². The number of aromatic nitrogens is 1. The molecular formula is C20H27N3O4S. The second kappa shape index (κ2) is 8.05.